The zero-order valence-electron chi connectivity index (χ0n) is 15.3. The van der Waals surface area contributed by atoms with E-state index in [1.165, 1.54) is 13.2 Å². The van der Waals surface area contributed by atoms with Crippen molar-refractivity contribution in [3.8, 4) is 22.6 Å². The molecule has 0 bridgehead atoms. The Morgan fingerprint density at radius 2 is 1.57 bits per heavy atom. The topological polar surface area (TPSA) is 55.8 Å². The van der Waals surface area contributed by atoms with Gasteiger partial charge in [-0.1, -0.05) is 60.7 Å². The third-order valence-electron chi connectivity index (χ3n) is 4.53. The number of esters is 1. The molecule has 138 valence electrons. The molecule has 28 heavy (non-hydrogen) atoms. The fourth-order valence-corrected chi connectivity index (χ4v) is 3.05. The number of rotatable bonds is 4. The lowest BCUT2D eigenvalue weighted by Gasteiger charge is -2.05. The average molecular weight is 370 g/mol. The summed E-state index contributed by atoms with van der Waals surface area (Å²) in [6.07, 6.45) is 3.43. The van der Waals surface area contributed by atoms with E-state index in [-0.39, 0.29) is 5.75 Å². The molecule has 0 aromatic heterocycles. The largest absolute Gasteiger partial charge is 0.504 e. The molecule has 0 spiro atoms. The predicted molar refractivity (Wildman–Crippen MR) is 109 cm³/mol. The van der Waals surface area contributed by atoms with Crippen molar-refractivity contribution in [2.45, 2.75) is 0 Å². The second-order valence-electron chi connectivity index (χ2n) is 6.37. The summed E-state index contributed by atoms with van der Waals surface area (Å²) in [4.78, 5) is 12.2. The normalized spacial score (nSPS) is 14.7. The Balaban J connectivity index is 1.60. The van der Waals surface area contributed by atoms with Gasteiger partial charge in [-0.2, -0.15) is 0 Å². The maximum absolute atomic E-state index is 12.2. The molecule has 4 rings (SSSR count). The van der Waals surface area contributed by atoms with Crippen LogP contribution in [0.3, 0.4) is 0 Å². The number of phenolic OH excluding ortho intramolecular Hbond substituents is 1. The predicted octanol–water partition coefficient (Wildman–Crippen LogP) is 5.05. The van der Waals surface area contributed by atoms with Crippen LogP contribution in [0.25, 0.3) is 23.0 Å². The van der Waals surface area contributed by atoms with E-state index in [1.807, 2.05) is 42.5 Å². The van der Waals surface area contributed by atoms with Crippen LogP contribution in [0.15, 0.2) is 84.4 Å². The first kappa shape index (κ1) is 17.6. The van der Waals surface area contributed by atoms with Gasteiger partial charge in [-0.15, -0.1) is 0 Å². The third-order valence-corrected chi connectivity index (χ3v) is 4.53. The van der Waals surface area contributed by atoms with Gasteiger partial charge in [-0.3, -0.25) is 0 Å². The van der Waals surface area contributed by atoms with Crippen molar-refractivity contribution in [2.75, 3.05) is 7.11 Å². The summed E-state index contributed by atoms with van der Waals surface area (Å²) in [5.74, 6) is 0.505. The molecular weight excluding hydrogens is 352 g/mol. The zero-order valence-corrected chi connectivity index (χ0v) is 15.3. The van der Waals surface area contributed by atoms with E-state index < -0.39 is 5.97 Å². The van der Waals surface area contributed by atoms with Crippen molar-refractivity contribution in [1.29, 1.82) is 0 Å². The number of ether oxygens (including phenoxy) is 2. The Morgan fingerprint density at radius 1 is 0.893 bits per heavy atom. The Kier molecular flexibility index (Phi) is 4.68. The van der Waals surface area contributed by atoms with Crippen molar-refractivity contribution in [3.63, 3.8) is 0 Å². The minimum absolute atomic E-state index is 0.0494. The van der Waals surface area contributed by atoms with Crippen molar-refractivity contribution in [1.82, 2.24) is 0 Å². The number of aromatic hydroxyl groups is 1. The molecule has 0 saturated carbocycles. The number of methoxy groups -OCH3 is 1. The number of benzene rings is 3. The van der Waals surface area contributed by atoms with Gasteiger partial charge in [-0.25, -0.2) is 4.79 Å². The highest BCUT2D eigenvalue weighted by molar-refractivity contribution is 6.05. The standard InChI is InChI=1S/C24H18O4/c1-27-23-14-16(7-12-21(23)25)13-20-15-22(28-24(20)26)19-10-8-18(9-11-19)17-5-3-2-4-6-17/h2-15,25H,1H3/b20-13+. The van der Waals surface area contributed by atoms with Gasteiger partial charge in [0, 0.05) is 5.56 Å². The van der Waals surface area contributed by atoms with Crippen LogP contribution in [0, 0.1) is 0 Å². The first-order chi connectivity index (χ1) is 13.6. The average Bonchev–Trinajstić information content (AvgIpc) is 3.10. The first-order valence-electron chi connectivity index (χ1n) is 8.82. The molecule has 1 heterocycles. The summed E-state index contributed by atoms with van der Waals surface area (Å²) >= 11 is 0. The lowest BCUT2D eigenvalue weighted by Crippen LogP contribution is -1.97. The molecular formula is C24H18O4. The number of phenols is 1. The molecule has 1 aliphatic heterocycles. The van der Waals surface area contributed by atoms with Crippen molar-refractivity contribution >= 4 is 17.8 Å². The SMILES string of the molecule is COc1cc(/C=C2\C=C(c3ccc(-c4ccccc4)cc3)OC2=O)ccc1O. The molecule has 0 fully saturated rings. The Morgan fingerprint density at radius 3 is 2.29 bits per heavy atom. The Bertz CT molecular complexity index is 1080. The fraction of sp³-hybridized carbons (Fsp3) is 0.0417. The van der Waals surface area contributed by atoms with E-state index in [0.29, 0.717) is 17.1 Å². The van der Waals surface area contributed by atoms with E-state index >= 15 is 0 Å². The van der Waals surface area contributed by atoms with Gasteiger partial charge >= 0.3 is 5.97 Å². The molecule has 3 aromatic rings. The molecule has 0 unspecified atom stereocenters. The zero-order chi connectivity index (χ0) is 19.5. The minimum Gasteiger partial charge on any atom is -0.504 e. The second-order valence-corrected chi connectivity index (χ2v) is 6.37. The molecule has 4 nitrogen and oxygen atoms in total. The summed E-state index contributed by atoms with van der Waals surface area (Å²) in [7, 11) is 1.48. The van der Waals surface area contributed by atoms with Gasteiger partial charge in [0.1, 0.15) is 5.76 Å². The Labute approximate surface area is 163 Å². The summed E-state index contributed by atoms with van der Waals surface area (Å²) in [6.45, 7) is 0. The van der Waals surface area contributed by atoms with Gasteiger partial charge in [0.25, 0.3) is 0 Å². The van der Waals surface area contributed by atoms with E-state index in [0.717, 1.165) is 22.3 Å². The monoisotopic (exact) mass is 370 g/mol. The molecule has 1 aliphatic rings. The van der Waals surface area contributed by atoms with E-state index in [2.05, 4.69) is 12.1 Å². The van der Waals surface area contributed by atoms with Gasteiger partial charge < -0.3 is 14.6 Å². The van der Waals surface area contributed by atoms with E-state index in [9.17, 15) is 9.90 Å². The fourth-order valence-electron chi connectivity index (χ4n) is 3.05. The number of hydrogen-bond acceptors (Lipinski definition) is 4. The third kappa shape index (κ3) is 3.53. The molecule has 4 heteroatoms. The highest BCUT2D eigenvalue weighted by Crippen LogP contribution is 2.31. The number of carbonyl (C=O) groups excluding carboxylic acids is 1. The van der Waals surface area contributed by atoms with Crippen molar-refractivity contribution < 1.29 is 19.4 Å². The van der Waals surface area contributed by atoms with Crippen molar-refractivity contribution in [2.24, 2.45) is 0 Å². The molecule has 0 atom stereocenters. The minimum atomic E-state index is -0.408. The summed E-state index contributed by atoms with van der Waals surface area (Å²) in [6, 6.07) is 22.9. The van der Waals surface area contributed by atoms with E-state index in [4.69, 9.17) is 9.47 Å². The maximum Gasteiger partial charge on any atom is 0.343 e. The lowest BCUT2D eigenvalue weighted by atomic mass is 10.0. The number of hydrogen-bond donors (Lipinski definition) is 1. The number of cyclic esters (lactones) is 1. The molecule has 1 N–H and O–H groups in total. The van der Waals surface area contributed by atoms with Crippen LogP contribution in [0.2, 0.25) is 0 Å². The quantitative estimate of drug-likeness (QED) is 0.516. The number of carbonyl (C=O) groups is 1. The lowest BCUT2D eigenvalue weighted by molar-refractivity contribution is -0.130. The molecule has 0 aliphatic carbocycles. The molecule has 0 amide bonds. The van der Waals surface area contributed by atoms with Crippen LogP contribution in [0.1, 0.15) is 11.1 Å². The Hall–Kier alpha value is -3.79. The van der Waals surface area contributed by atoms with Crippen LogP contribution in [0.5, 0.6) is 11.5 Å². The smallest absolute Gasteiger partial charge is 0.343 e. The maximum atomic E-state index is 12.2. The van der Waals surface area contributed by atoms with Gasteiger partial charge in [0.15, 0.2) is 11.5 Å². The van der Waals surface area contributed by atoms with Crippen LogP contribution < -0.4 is 4.74 Å². The van der Waals surface area contributed by atoms with Crippen LogP contribution in [-0.4, -0.2) is 18.2 Å². The second kappa shape index (κ2) is 7.45. The molecule has 3 aromatic carbocycles. The summed E-state index contributed by atoms with van der Waals surface area (Å²) < 4.78 is 10.5. The van der Waals surface area contributed by atoms with Crippen LogP contribution in [0.4, 0.5) is 0 Å². The van der Waals surface area contributed by atoms with Gasteiger partial charge in [-0.05, 0) is 41.0 Å². The van der Waals surface area contributed by atoms with E-state index in [1.54, 1.807) is 24.3 Å². The van der Waals surface area contributed by atoms with Crippen molar-refractivity contribution in [3.05, 3.63) is 95.6 Å². The van der Waals surface area contributed by atoms with Gasteiger partial charge in [0.05, 0.1) is 12.7 Å². The highest BCUT2D eigenvalue weighted by atomic mass is 16.5. The van der Waals surface area contributed by atoms with Gasteiger partial charge in [0.2, 0.25) is 0 Å². The summed E-state index contributed by atoms with van der Waals surface area (Å²) in [5, 5.41) is 9.69. The summed E-state index contributed by atoms with van der Waals surface area (Å²) in [5.41, 5.74) is 4.24. The first-order valence-corrected chi connectivity index (χ1v) is 8.82. The van der Waals surface area contributed by atoms with Crippen LogP contribution in [-0.2, 0) is 9.53 Å². The van der Waals surface area contributed by atoms with Crippen LogP contribution >= 0.6 is 0 Å². The molecule has 0 saturated heterocycles. The molecule has 0 radical (unpaired) electrons. The highest BCUT2D eigenvalue weighted by Gasteiger charge is 2.22.